The second-order valence-corrected chi connectivity index (χ2v) is 6.67. The largest absolute Gasteiger partial charge is 1.00 e. The zero-order valence-corrected chi connectivity index (χ0v) is 18.0. The van der Waals surface area contributed by atoms with Gasteiger partial charge in [-0.15, -0.1) is 0 Å². The molecule has 2 aromatic carbocycles. The Bertz CT molecular complexity index is 685. The number of ether oxygens (including phenoxy) is 2. The highest BCUT2D eigenvalue weighted by molar-refractivity contribution is 6.32. The molecule has 0 fully saturated rings. The van der Waals surface area contributed by atoms with Crippen LogP contribution in [0.5, 0.6) is 11.5 Å². The molecule has 0 bridgehead atoms. The number of halogens is 4. The SMILES string of the molecule is COc1cc(C[NH2+]CC[NH+](C)C)cc(Cl)c1OCc1ccc(F)cc1.[Cl-].[Cl-]. The molecule has 0 saturated carbocycles. The third-order valence-electron chi connectivity index (χ3n) is 3.81. The Hall–Kier alpha value is -1.24. The highest BCUT2D eigenvalue weighted by Crippen LogP contribution is 2.36. The molecule has 0 atom stereocenters. The first-order chi connectivity index (χ1) is 12.0. The Balaban J connectivity index is 0.00000338. The third-order valence-corrected chi connectivity index (χ3v) is 4.09. The number of hydrogen-bond acceptors (Lipinski definition) is 2. The Morgan fingerprint density at radius 1 is 1.07 bits per heavy atom. The smallest absolute Gasteiger partial charge is 0.180 e. The average Bonchev–Trinajstić information content (AvgIpc) is 2.58. The molecule has 0 saturated heterocycles. The first kappa shape index (κ1) is 25.8. The van der Waals surface area contributed by atoms with Crippen LogP contribution in [-0.4, -0.2) is 34.3 Å². The molecule has 0 spiro atoms. The van der Waals surface area contributed by atoms with E-state index >= 15 is 0 Å². The first-order valence-corrected chi connectivity index (χ1v) is 8.71. The Morgan fingerprint density at radius 3 is 2.33 bits per heavy atom. The van der Waals surface area contributed by atoms with Gasteiger partial charge in [0.1, 0.15) is 32.1 Å². The maximum absolute atomic E-state index is 13.0. The molecule has 0 heterocycles. The van der Waals surface area contributed by atoms with Gasteiger partial charge in [-0.1, -0.05) is 23.7 Å². The lowest BCUT2D eigenvalue weighted by Gasteiger charge is -2.14. The lowest BCUT2D eigenvalue weighted by molar-refractivity contribution is -0.875. The molecule has 4 nitrogen and oxygen atoms in total. The van der Waals surface area contributed by atoms with Crippen LogP contribution in [0.3, 0.4) is 0 Å². The van der Waals surface area contributed by atoms with Gasteiger partial charge in [0.2, 0.25) is 0 Å². The lowest BCUT2D eigenvalue weighted by atomic mass is 10.2. The van der Waals surface area contributed by atoms with E-state index in [2.05, 4.69) is 19.4 Å². The third kappa shape index (κ3) is 8.54. The summed E-state index contributed by atoms with van der Waals surface area (Å²) in [6.07, 6.45) is 0. The van der Waals surface area contributed by atoms with Crippen LogP contribution in [0.1, 0.15) is 11.1 Å². The maximum atomic E-state index is 13.0. The van der Waals surface area contributed by atoms with Gasteiger partial charge in [-0.2, -0.15) is 0 Å². The highest BCUT2D eigenvalue weighted by atomic mass is 35.5. The fourth-order valence-corrected chi connectivity index (χ4v) is 2.71. The van der Waals surface area contributed by atoms with Gasteiger partial charge in [-0.25, -0.2) is 4.39 Å². The summed E-state index contributed by atoms with van der Waals surface area (Å²) >= 11 is 6.39. The fraction of sp³-hybridized carbons (Fsp3) is 0.368. The second kappa shape index (κ2) is 13.0. The topological polar surface area (TPSA) is 39.5 Å². The van der Waals surface area contributed by atoms with E-state index in [1.807, 2.05) is 12.1 Å². The number of methoxy groups -OCH3 is 1. The molecule has 2 rings (SSSR count). The molecule has 27 heavy (non-hydrogen) atoms. The van der Waals surface area contributed by atoms with E-state index in [9.17, 15) is 4.39 Å². The van der Waals surface area contributed by atoms with Gasteiger partial charge in [0.25, 0.3) is 0 Å². The molecule has 0 radical (unpaired) electrons. The Kier molecular flexibility index (Phi) is 12.4. The summed E-state index contributed by atoms with van der Waals surface area (Å²) < 4.78 is 24.2. The Labute approximate surface area is 177 Å². The summed E-state index contributed by atoms with van der Waals surface area (Å²) in [7, 11) is 5.88. The van der Waals surface area contributed by atoms with Crippen LogP contribution in [0.15, 0.2) is 36.4 Å². The standard InChI is InChI=1S/C19H24ClFN2O2.2ClH/c1-23(2)9-8-22-12-15-10-17(20)19(18(11-15)24-3)25-13-14-4-6-16(21)7-5-14;;/h4-7,10-11,22H,8-9,12-13H2,1-3H3;2*1H. The van der Waals surface area contributed by atoms with Gasteiger partial charge in [0.05, 0.1) is 26.2 Å². The van der Waals surface area contributed by atoms with Gasteiger partial charge >= 0.3 is 0 Å². The van der Waals surface area contributed by atoms with Crippen molar-refractivity contribution in [1.29, 1.82) is 0 Å². The minimum absolute atomic E-state index is 0. The summed E-state index contributed by atoms with van der Waals surface area (Å²) in [6, 6.07) is 10.0. The normalized spacial score (nSPS) is 10.1. The van der Waals surface area contributed by atoms with E-state index in [-0.39, 0.29) is 30.6 Å². The van der Waals surface area contributed by atoms with Crippen LogP contribution in [0.4, 0.5) is 4.39 Å². The quantitative estimate of drug-likeness (QED) is 0.386. The van der Waals surface area contributed by atoms with Crippen molar-refractivity contribution < 1.29 is 48.9 Å². The van der Waals surface area contributed by atoms with Crippen molar-refractivity contribution in [1.82, 2.24) is 0 Å². The molecule has 2 aromatic rings. The van der Waals surface area contributed by atoms with Crippen LogP contribution in [0.2, 0.25) is 5.02 Å². The summed E-state index contributed by atoms with van der Waals surface area (Å²) in [4.78, 5) is 1.43. The van der Waals surface area contributed by atoms with Gasteiger partial charge in [0.15, 0.2) is 11.5 Å². The number of likely N-dealkylation sites (N-methyl/N-ethyl adjacent to an activating group) is 1. The van der Waals surface area contributed by atoms with Crippen molar-refractivity contribution in [3.05, 3.63) is 58.4 Å². The van der Waals surface area contributed by atoms with E-state index in [1.54, 1.807) is 19.2 Å². The van der Waals surface area contributed by atoms with Crippen LogP contribution < -0.4 is 44.5 Å². The van der Waals surface area contributed by atoms with Crippen LogP contribution in [-0.2, 0) is 13.2 Å². The summed E-state index contributed by atoms with van der Waals surface area (Å²) in [5, 5.41) is 2.76. The minimum Gasteiger partial charge on any atom is -1.00 e. The van der Waals surface area contributed by atoms with E-state index in [4.69, 9.17) is 21.1 Å². The van der Waals surface area contributed by atoms with E-state index in [0.717, 1.165) is 30.8 Å². The fourth-order valence-electron chi connectivity index (χ4n) is 2.43. The maximum Gasteiger partial charge on any atom is 0.180 e. The van der Waals surface area contributed by atoms with Crippen LogP contribution in [0, 0.1) is 5.82 Å². The molecule has 8 heteroatoms. The molecule has 0 aromatic heterocycles. The zero-order chi connectivity index (χ0) is 18.2. The number of nitrogens with one attached hydrogen (secondary N) is 1. The van der Waals surface area contributed by atoms with Crippen molar-refractivity contribution in [3.8, 4) is 11.5 Å². The van der Waals surface area contributed by atoms with Crippen LogP contribution >= 0.6 is 11.6 Å². The van der Waals surface area contributed by atoms with E-state index in [0.29, 0.717) is 23.1 Å². The molecular weight excluding hydrogens is 414 g/mol. The van der Waals surface area contributed by atoms with Crippen molar-refractivity contribution in [3.63, 3.8) is 0 Å². The monoisotopic (exact) mass is 438 g/mol. The number of quaternary nitrogens is 2. The number of hydrogen-bond donors (Lipinski definition) is 2. The molecule has 0 aliphatic rings. The average molecular weight is 440 g/mol. The van der Waals surface area contributed by atoms with E-state index < -0.39 is 0 Å². The molecule has 3 N–H and O–H groups in total. The molecule has 0 unspecified atom stereocenters. The predicted octanol–water partition coefficient (Wildman–Crippen LogP) is -4.72. The lowest BCUT2D eigenvalue weighted by Crippen LogP contribution is -3.09. The summed E-state index contributed by atoms with van der Waals surface area (Å²) in [5.41, 5.74) is 1.95. The Morgan fingerprint density at radius 2 is 1.74 bits per heavy atom. The summed E-state index contributed by atoms with van der Waals surface area (Å²) in [6.45, 7) is 3.28. The summed E-state index contributed by atoms with van der Waals surface area (Å²) in [5.74, 6) is 0.849. The zero-order valence-electron chi connectivity index (χ0n) is 15.7. The van der Waals surface area contributed by atoms with Gasteiger partial charge in [0, 0.05) is 5.56 Å². The van der Waals surface area contributed by atoms with Crippen LogP contribution in [0.25, 0.3) is 0 Å². The number of rotatable bonds is 9. The van der Waals surface area contributed by atoms with Crippen molar-refractivity contribution in [2.75, 3.05) is 34.3 Å². The second-order valence-electron chi connectivity index (χ2n) is 6.26. The van der Waals surface area contributed by atoms with Crippen molar-refractivity contribution in [2.45, 2.75) is 13.2 Å². The van der Waals surface area contributed by atoms with Gasteiger partial charge in [-0.05, 0) is 29.8 Å². The van der Waals surface area contributed by atoms with Crippen molar-refractivity contribution >= 4 is 11.6 Å². The molecule has 0 aliphatic carbocycles. The highest BCUT2D eigenvalue weighted by Gasteiger charge is 2.13. The number of nitrogens with two attached hydrogens (primary N) is 1. The molecule has 0 amide bonds. The van der Waals surface area contributed by atoms with Gasteiger partial charge in [-0.3, -0.25) is 0 Å². The first-order valence-electron chi connectivity index (χ1n) is 8.34. The van der Waals surface area contributed by atoms with Gasteiger partial charge < -0.3 is 44.5 Å². The number of benzene rings is 2. The molecule has 152 valence electrons. The predicted molar refractivity (Wildman–Crippen MR) is 96.9 cm³/mol. The molecule has 0 aliphatic heterocycles. The van der Waals surface area contributed by atoms with Crippen molar-refractivity contribution in [2.24, 2.45) is 0 Å². The minimum atomic E-state index is -0.268. The molecular formula is C19H26Cl3FN2O2. The van der Waals surface area contributed by atoms with E-state index in [1.165, 1.54) is 17.0 Å².